The van der Waals surface area contributed by atoms with E-state index in [1.165, 1.54) is 6.92 Å². The van der Waals surface area contributed by atoms with Gasteiger partial charge in [0.05, 0.1) is 5.56 Å². The lowest BCUT2D eigenvalue weighted by Gasteiger charge is -2.32. The third-order valence-corrected chi connectivity index (χ3v) is 4.59. The number of hydrogen-bond donors (Lipinski definition) is 1. The lowest BCUT2D eigenvalue weighted by molar-refractivity contribution is -0.119. The molecule has 1 N–H and O–H groups in total. The van der Waals surface area contributed by atoms with E-state index in [9.17, 15) is 9.59 Å². The number of aryl methyl sites for hydroxylation is 1. The van der Waals surface area contributed by atoms with Crippen LogP contribution in [0.4, 0.5) is 0 Å². The van der Waals surface area contributed by atoms with Crippen LogP contribution in [0.3, 0.4) is 0 Å². The van der Waals surface area contributed by atoms with E-state index < -0.39 is 0 Å². The molecule has 2 amide bonds. The maximum absolute atomic E-state index is 12.6. The van der Waals surface area contributed by atoms with Crippen LogP contribution in [0.15, 0.2) is 22.7 Å². The first-order valence-corrected chi connectivity index (χ1v) is 8.06. The molecule has 0 bridgehead atoms. The fraction of sp³-hybridized carbons (Fsp3) is 0.500. The Hall–Kier alpha value is -1.36. The maximum atomic E-state index is 12.6. The molecule has 0 saturated carbocycles. The zero-order valence-electron chi connectivity index (χ0n) is 12.5. The summed E-state index contributed by atoms with van der Waals surface area (Å²) in [5.74, 6) is 0.569. The van der Waals surface area contributed by atoms with Crippen LogP contribution in [0, 0.1) is 12.8 Å². The summed E-state index contributed by atoms with van der Waals surface area (Å²) >= 11 is 3.46. The first kappa shape index (κ1) is 16.0. The Labute approximate surface area is 134 Å². The number of amides is 2. The molecule has 0 unspecified atom stereocenters. The lowest BCUT2D eigenvalue weighted by atomic mass is 9.96. The van der Waals surface area contributed by atoms with Crippen LogP contribution in [0.2, 0.25) is 0 Å². The number of piperidine rings is 1. The van der Waals surface area contributed by atoms with Crippen molar-refractivity contribution in [2.24, 2.45) is 5.92 Å². The summed E-state index contributed by atoms with van der Waals surface area (Å²) in [5.41, 5.74) is 1.82. The molecule has 0 aromatic heterocycles. The molecule has 21 heavy (non-hydrogen) atoms. The summed E-state index contributed by atoms with van der Waals surface area (Å²) in [4.78, 5) is 25.4. The zero-order chi connectivity index (χ0) is 15.4. The molecule has 2 rings (SSSR count). The first-order chi connectivity index (χ1) is 9.97. The minimum absolute atomic E-state index is 0.0113. The molecule has 0 atom stereocenters. The second-order valence-electron chi connectivity index (χ2n) is 5.66. The lowest BCUT2D eigenvalue weighted by Crippen LogP contribution is -2.41. The highest BCUT2D eigenvalue weighted by Gasteiger charge is 2.24. The van der Waals surface area contributed by atoms with Crippen LogP contribution in [-0.4, -0.2) is 36.3 Å². The number of carbonyl (C=O) groups excluding carboxylic acids is 2. The Morgan fingerprint density at radius 2 is 2.00 bits per heavy atom. The molecule has 4 nitrogen and oxygen atoms in total. The number of likely N-dealkylation sites (tertiary alicyclic amines) is 1. The van der Waals surface area contributed by atoms with Crippen LogP contribution < -0.4 is 5.32 Å². The molecule has 5 heteroatoms. The van der Waals surface area contributed by atoms with Crippen LogP contribution in [-0.2, 0) is 4.79 Å². The summed E-state index contributed by atoms with van der Waals surface area (Å²) in [6, 6.07) is 5.84. The maximum Gasteiger partial charge on any atom is 0.255 e. The fourth-order valence-electron chi connectivity index (χ4n) is 2.60. The molecule has 1 aliphatic heterocycles. The van der Waals surface area contributed by atoms with Gasteiger partial charge in [0.15, 0.2) is 0 Å². The van der Waals surface area contributed by atoms with E-state index in [0.717, 1.165) is 41.5 Å². The van der Waals surface area contributed by atoms with Gasteiger partial charge in [-0.25, -0.2) is 0 Å². The summed E-state index contributed by atoms with van der Waals surface area (Å²) in [6.07, 6.45) is 1.88. The number of nitrogens with zero attached hydrogens (tertiary/aromatic N) is 1. The van der Waals surface area contributed by atoms with E-state index in [1.807, 2.05) is 30.0 Å². The van der Waals surface area contributed by atoms with Gasteiger partial charge in [-0.1, -0.05) is 11.6 Å². The first-order valence-electron chi connectivity index (χ1n) is 7.27. The third-order valence-electron chi connectivity index (χ3n) is 3.89. The Morgan fingerprint density at radius 1 is 1.33 bits per heavy atom. The highest BCUT2D eigenvalue weighted by Crippen LogP contribution is 2.23. The number of benzene rings is 1. The van der Waals surface area contributed by atoms with Crippen molar-refractivity contribution in [3.63, 3.8) is 0 Å². The van der Waals surface area contributed by atoms with E-state index in [0.29, 0.717) is 12.5 Å². The number of halogens is 1. The molecule has 1 heterocycles. The standard InChI is InChI=1S/C16H21BrN2O2/c1-11-3-4-15(17)14(9-11)16(21)19-7-5-13(6-8-19)10-18-12(2)20/h3-4,9,13H,5-8,10H2,1-2H3,(H,18,20). The Balaban J connectivity index is 1.94. The smallest absolute Gasteiger partial charge is 0.255 e. The molecular formula is C16H21BrN2O2. The van der Waals surface area contributed by atoms with Crippen LogP contribution in [0.5, 0.6) is 0 Å². The Kier molecular flexibility index (Phi) is 5.39. The molecule has 1 aliphatic rings. The quantitative estimate of drug-likeness (QED) is 0.909. The summed E-state index contributed by atoms with van der Waals surface area (Å²) in [5, 5.41) is 2.86. The van der Waals surface area contributed by atoms with Crippen molar-refractivity contribution < 1.29 is 9.59 Å². The summed E-state index contributed by atoms with van der Waals surface area (Å²) in [7, 11) is 0. The van der Waals surface area contributed by atoms with Gasteiger partial charge in [0, 0.05) is 31.0 Å². The van der Waals surface area contributed by atoms with Crippen LogP contribution in [0.1, 0.15) is 35.7 Å². The van der Waals surface area contributed by atoms with Gasteiger partial charge in [0.1, 0.15) is 0 Å². The Bertz CT molecular complexity index is 537. The largest absolute Gasteiger partial charge is 0.356 e. The third kappa shape index (κ3) is 4.30. The number of nitrogens with one attached hydrogen (secondary N) is 1. The van der Waals surface area contributed by atoms with Gasteiger partial charge in [0.2, 0.25) is 5.91 Å². The average molecular weight is 353 g/mol. The van der Waals surface area contributed by atoms with Crippen molar-refractivity contribution in [3.8, 4) is 0 Å². The monoisotopic (exact) mass is 352 g/mol. The minimum Gasteiger partial charge on any atom is -0.356 e. The molecule has 1 aromatic carbocycles. The number of hydrogen-bond acceptors (Lipinski definition) is 2. The van der Waals surface area contributed by atoms with E-state index in [1.54, 1.807) is 0 Å². The average Bonchev–Trinajstić information content (AvgIpc) is 2.47. The summed E-state index contributed by atoms with van der Waals surface area (Å²) in [6.45, 7) is 5.75. The van der Waals surface area contributed by atoms with Crippen molar-refractivity contribution in [2.45, 2.75) is 26.7 Å². The molecule has 1 aromatic rings. The van der Waals surface area contributed by atoms with Gasteiger partial charge in [-0.15, -0.1) is 0 Å². The van der Waals surface area contributed by atoms with Gasteiger partial charge in [0.25, 0.3) is 5.91 Å². The predicted octanol–water partition coefficient (Wildman–Crippen LogP) is 2.75. The number of carbonyl (C=O) groups is 2. The molecule has 1 fully saturated rings. The minimum atomic E-state index is 0.0113. The topological polar surface area (TPSA) is 49.4 Å². The SMILES string of the molecule is CC(=O)NCC1CCN(C(=O)c2cc(C)ccc2Br)CC1. The van der Waals surface area contributed by atoms with Crippen molar-refractivity contribution in [2.75, 3.05) is 19.6 Å². The van der Waals surface area contributed by atoms with E-state index >= 15 is 0 Å². The molecule has 0 radical (unpaired) electrons. The van der Waals surface area contributed by atoms with Crippen molar-refractivity contribution in [3.05, 3.63) is 33.8 Å². The molecule has 114 valence electrons. The van der Waals surface area contributed by atoms with Crippen LogP contribution >= 0.6 is 15.9 Å². The van der Waals surface area contributed by atoms with Gasteiger partial charge >= 0.3 is 0 Å². The molecular weight excluding hydrogens is 332 g/mol. The van der Waals surface area contributed by atoms with Crippen LogP contribution in [0.25, 0.3) is 0 Å². The highest BCUT2D eigenvalue weighted by atomic mass is 79.9. The van der Waals surface area contributed by atoms with Gasteiger partial charge in [-0.05, 0) is 53.7 Å². The normalized spacial score (nSPS) is 15.9. The predicted molar refractivity (Wildman–Crippen MR) is 86.2 cm³/mol. The fourth-order valence-corrected chi connectivity index (χ4v) is 3.02. The molecule has 0 aliphatic carbocycles. The second-order valence-corrected chi connectivity index (χ2v) is 6.51. The molecule has 1 saturated heterocycles. The summed E-state index contributed by atoms with van der Waals surface area (Å²) < 4.78 is 0.846. The van der Waals surface area contributed by atoms with Gasteiger partial charge in [-0.2, -0.15) is 0 Å². The van der Waals surface area contributed by atoms with Crippen molar-refractivity contribution in [1.29, 1.82) is 0 Å². The highest BCUT2D eigenvalue weighted by molar-refractivity contribution is 9.10. The van der Waals surface area contributed by atoms with E-state index in [4.69, 9.17) is 0 Å². The van der Waals surface area contributed by atoms with Crippen molar-refractivity contribution >= 4 is 27.7 Å². The van der Waals surface area contributed by atoms with Gasteiger partial charge in [-0.3, -0.25) is 9.59 Å². The molecule has 0 spiro atoms. The second kappa shape index (κ2) is 7.07. The number of rotatable bonds is 3. The van der Waals surface area contributed by atoms with Gasteiger partial charge < -0.3 is 10.2 Å². The zero-order valence-corrected chi connectivity index (χ0v) is 14.1. The van der Waals surface area contributed by atoms with E-state index in [-0.39, 0.29) is 11.8 Å². The van der Waals surface area contributed by atoms with Crippen molar-refractivity contribution in [1.82, 2.24) is 10.2 Å². The Morgan fingerprint density at radius 3 is 2.62 bits per heavy atom. The van der Waals surface area contributed by atoms with E-state index in [2.05, 4.69) is 21.2 Å².